The van der Waals surface area contributed by atoms with E-state index in [9.17, 15) is 5.11 Å². The number of aliphatic hydroxyl groups excluding tert-OH is 1. The summed E-state index contributed by atoms with van der Waals surface area (Å²) in [5, 5.41) is 9.35. The van der Waals surface area contributed by atoms with Crippen molar-refractivity contribution in [3.63, 3.8) is 0 Å². The minimum atomic E-state index is -0.191. The molecule has 0 aliphatic heterocycles. The number of rotatable bonds is 2. The van der Waals surface area contributed by atoms with Gasteiger partial charge in [-0.3, -0.25) is 0 Å². The quantitative estimate of drug-likeness (QED) is 0.655. The summed E-state index contributed by atoms with van der Waals surface area (Å²) < 4.78 is 0. The number of hydrogen-bond acceptors (Lipinski definition) is 1. The molecule has 0 aliphatic carbocycles. The van der Waals surface area contributed by atoms with Gasteiger partial charge in [0.1, 0.15) is 0 Å². The molecule has 0 bridgehead atoms. The van der Waals surface area contributed by atoms with Gasteiger partial charge in [-0.25, -0.2) is 0 Å². The van der Waals surface area contributed by atoms with Crippen molar-refractivity contribution in [2.24, 2.45) is 17.3 Å². The van der Waals surface area contributed by atoms with Crippen molar-refractivity contribution < 1.29 is 5.11 Å². The Morgan fingerprint density at radius 2 is 1.36 bits per heavy atom. The molecule has 0 unspecified atom stereocenters. The van der Waals surface area contributed by atoms with Crippen LogP contribution in [0.4, 0.5) is 0 Å². The molecule has 0 saturated heterocycles. The lowest BCUT2D eigenvalue weighted by atomic mass is 9.73. The maximum absolute atomic E-state index is 9.35. The average molecular weight is 158 g/mol. The summed E-state index contributed by atoms with van der Waals surface area (Å²) in [6.07, 6.45) is -0.191. The summed E-state index contributed by atoms with van der Waals surface area (Å²) in [5.74, 6) is 0.942. The average Bonchev–Trinajstić information content (AvgIpc) is 1.82. The largest absolute Gasteiger partial charge is 0.393 e. The predicted molar refractivity (Wildman–Crippen MR) is 49.5 cm³/mol. The third-order valence-electron chi connectivity index (χ3n) is 2.92. The van der Waals surface area contributed by atoms with Crippen LogP contribution in [0.3, 0.4) is 0 Å². The lowest BCUT2D eigenvalue weighted by Crippen LogP contribution is -2.30. The molecule has 0 amide bonds. The van der Waals surface area contributed by atoms with Crippen molar-refractivity contribution in [1.29, 1.82) is 0 Å². The number of aliphatic hydroxyl groups is 1. The van der Waals surface area contributed by atoms with Gasteiger partial charge in [-0.05, 0) is 24.2 Å². The zero-order chi connectivity index (χ0) is 9.23. The maximum Gasteiger partial charge on any atom is 0.0540 e. The van der Waals surface area contributed by atoms with E-state index in [-0.39, 0.29) is 6.10 Å². The lowest BCUT2D eigenvalue weighted by Gasteiger charge is -2.33. The van der Waals surface area contributed by atoms with Crippen LogP contribution in [-0.2, 0) is 0 Å². The molecule has 1 nitrogen and oxygen atoms in total. The van der Waals surface area contributed by atoms with Gasteiger partial charge in [-0.1, -0.05) is 34.6 Å². The first-order chi connectivity index (χ1) is 4.76. The minimum Gasteiger partial charge on any atom is -0.393 e. The molecule has 0 fully saturated rings. The van der Waals surface area contributed by atoms with Crippen molar-refractivity contribution in [1.82, 2.24) is 0 Å². The van der Waals surface area contributed by atoms with Gasteiger partial charge >= 0.3 is 0 Å². The first-order valence-corrected chi connectivity index (χ1v) is 4.45. The second-order valence-electron chi connectivity index (χ2n) is 4.75. The topological polar surface area (TPSA) is 20.2 Å². The van der Waals surface area contributed by atoms with Crippen molar-refractivity contribution in [3.05, 3.63) is 0 Å². The third kappa shape index (κ3) is 3.24. The van der Waals surface area contributed by atoms with Crippen LogP contribution >= 0.6 is 0 Å². The van der Waals surface area contributed by atoms with Crippen LogP contribution in [0.1, 0.15) is 41.5 Å². The van der Waals surface area contributed by atoms with E-state index in [1.807, 2.05) is 6.92 Å². The summed E-state index contributed by atoms with van der Waals surface area (Å²) in [7, 11) is 0. The SMILES string of the molecule is C[C@H]([C@H](C)O)[C@H](C)C(C)(C)C. The second kappa shape index (κ2) is 3.57. The highest BCUT2D eigenvalue weighted by Crippen LogP contribution is 2.32. The van der Waals surface area contributed by atoms with Gasteiger partial charge in [-0.2, -0.15) is 0 Å². The van der Waals surface area contributed by atoms with Crippen molar-refractivity contribution >= 4 is 0 Å². The van der Waals surface area contributed by atoms with E-state index in [1.54, 1.807) is 0 Å². The molecule has 0 heterocycles. The van der Waals surface area contributed by atoms with E-state index in [0.717, 1.165) is 0 Å². The Morgan fingerprint density at radius 1 is 1.00 bits per heavy atom. The Balaban J connectivity index is 4.13. The van der Waals surface area contributed by atoms with Gasteiger partial charge in [0, 0.05) is 0 Å². The van der Waals surface area contributed by atoms with E-state index in [0.29, 0.717) is 17.3 Å². The van der Waals surface area contributed by atoms with E-state index < -0.39 is 0 Å². The van der Waals surface area contributed by atoms with Crippen LogP contribution in [0.5, 0.6) is 0 Å². The molecular weight excluding hydrogens is 136 g/mol. The van der Waals surface area contributed by atoms with Gasteiger partial charge in [0.15, 0.2) is 0 Å². The maximum atomic E-state index is 9.35. The lowest BCUT2D eigenvalue weighted by molar-refractivity contribution is 0.0605. The summed E-state index contributed by atoms with van der Waals surface area (Å²) in [6.45, 7) is 12.8. The molecule has 11 heavy (non-hydrogen) atoms. The smallest absolute Gasteiger partial charge is 0.0540 e. The molecule has 1 N–H and O–H groups in total. The standard InChI is InChI=1S/C10H22O/c1-7(9(3)11)8(2)10(4,5)6/h7-9,11H,1-6H3/t7-,8-,9-/m0/s1. The zero-order valence-corrected chi connectivity index (χ0v) is 8.68. The molecule has 0 spiro atoms. The molecular formula is C10H22O. The molecule has 0 radical (unpaired) electrons. The molecule has 68 valence electrons. The summed E-state index contributed by atoms with van der Waals surface area (Å²) in [4.78, 5) is 0. The monoisotopic (exact) mass is 158 g/mol. The number of hydrogen-bond donors (Lipinski definition) is 1. The van der Waals surface area contributed by atoms with E-state index in [2.05, 4.69) is 34.6 Å². The minimum absolute atomic E-state index is 0.191. The fourth-order valence-corrected chi connectivity index (χ4v) is 1.21. The highest BCUT2D eigenvalue weighted by atomic mass is 16.3. The molecule has 0 aromatic heterocycles. The van der Waals surface area contributed by atoms with Gasteiger partial charge in [0.25, 0.3) is 0 Å². The first-order valence-electron chi connectivity index (χ1n) is 4.45. The molecule has 0 saturated carbocycles. The van der Waals surface area contributed by atoms with Crippen molar-refractivity contribution in [3.8, 4) is 0 Å². The van der Waals surface area contributed by atoms with Gasteiger partial charge in [-0.15, -0.1) is 0 Å². The van der Waals surface area contributed by atoms with E-state index in [4.69, 9.17) is 0 Å². The van der Waals surface area contributed by atoms with Gasteiger partial charge in [0.05, 0.1) is 6.10 Å². The van der Waals surface area contributed by atoms with E-state index >= 15 is 0 Å². The molecule has 0 rings (SSSR count). The zero-order valence-electron chi connectivity index (χ0n) is 8.68. The van der Waals surface area contributed by atoms with Crippen molar-refractivity contribution in [2.75, 3.05) is 0 Å². The van der Waals surface area contributed by atoms with Crippen LogP contribution in [0.25, 0.3) is 0 Å². The molecule has 1 heteroatoms. The third-order valence-corrected chi connectivity index (χ3v) is 2.92. The van der Waals surface area contributed by atoms with E-state index in [1.165, 1.54) is 0 Å². The van der Waals surface area contributed by atoms with Crippen LogP contribution in [0, 0.1) is 17.3 Å². The van der Waals surface area contributed by atoms with Crippen molar-refractivity contribution in [2.45, 2.75) is 47.6 Å². The van der Waals surface area contributed by atoms with Gasteiger partial charge < -0.3 is 5.11 Å². The van der Waals surface area contributed by atoms with Crippen LogP contribution < -0.4 is 0 Å². The van der Waals surface area contributed by atoms with Gasteiger partial charge in [0.2, 0.25) is 0 Å². The first kappa shape index (κ1) is 11.0. The predicted octanol–water partition coefficient (Wildman–Crippen LogP) is 2.69. The Bertz CT molecular complexity index is 111. The van der Waals surface area contributed by atoms with Crippen LogP contribution in [0.15, 0.2) is 0 Å². The highest BCUT2D eigenvalue weighted by molar-refractivity contribution is 4.77. The Kier molecular flexibility index (Phi) is 3.56. The van der Waals surface area contributed by atoms with Crippen LogP contribution in [-0.4, -0.2) is 11.2 Å². The fraction of sp³-hybridized carbons (Fsp3) is 1.00. The molecule has 0 aromatic carbocycles. The summed E-state index contributed by atoms with van der Waals surface area (Å²) in [5.41, 5.74) is 0.302. The Morgan fingerprint density at radius 3 is 1.45 bits per heavy atom. The molecule has 0 aliphatic rings. The Labute approximate surface area is 70.8 Å². The normalized spacial score (nSPS) is 21.0. The highest BCUT2D eigenvalue weighted by Gasteiger charge is 2.27. The van der Waals surface area contributed by atoms with Crippen LogP contribution in [0.2, 0.25) is 0 Å². The fourth-order valence-electron chi connectivity index (χ4n) is 1.21. The summed E-state index contributed by atoms with van der Waals surface area (Å²) >= 11 is 0. The second-order valence-corrected chi connectivity index (χ2v) is 4.75. The Hall–Kier alpha value is -0.0400. The summed E-state index contributed by atoms with van der Waals surface area (Å²) in [6, 6.07) is 0. The molecule has 0 aromatic rings. The molecule has 3 atom stereocenters.